The summed E-state index contributed by atoms with van der Waals surface area (Å²) in [6.07, 6.45) is 0. The summed E-state index contributed by atoms with van der Waals surface area (Å²) in [5.41, 5.74) is 3.65. The summed E-state index contributed by atoms with van der Waals surface area (Å²) in [4.78, 5) is 12.3. The monoisotopic (exact) mass is 403 g/mol. The van der Waals surface area contributed by atoms with Crippen LogP contribution in [0.4, 0.5) is 10.1 Å². The van der Waals surface area contributed by atoms with Crippen molar-refractivity contribution in [2.24, 2.45) is 0 Å². The van der Waals surface area contributed by atoms with Crippen LogP contribution in [-0.4, -0.2) is 21.4 Å². The number of hydrogen-bond acceptors (Lipinski definition) is 3. The quantitative estimate of drug-likeness (QED) is 0.618. The first-order valence-corrected chi connectivity index (χ1v) is 9.92. The molecular formula is C20H19ClFN3OS. The number of aryl methyl sites for hydroxylation is 1. The van der Waals surface area contributed by atoms with E-state index in [9.17, 15) is 9.18 Å². The van der Waals surface area contributed by atoms with E-state index >= 15 is 0 Å². The number of para-hydroxylation sites is 1. The van der Waals surface area contributed by atoms with Gasteiger partial charge in [-0.3, -0.25) is 4.79 Å². The topological polar surface area (TPSA) is 46.9 Å². The van der Waals surface area contributed by atoms with Gasteiger partial charge in [0.05, 0.1) is 28.5 Å². The molecular weight excluding hydrogens is 385 g/mol. The summed E-state index contributed by atoms with van der Waals surface area (Å²) in [7, 11) is 0. The van der Waals surface area contributed by atoms with Crippen LogP contribution in [0, 0.1) is 19.7 Å². The fourth-order valence-electron chi connectivity index (χ4n) is 2.74. The van der Waals surface area contributed by atoms with E-state index in [1.165, 1.54) is 17.8 Å². The Kier molecular flexibility index (Phi) is 6.19. The number of nitrogens with one attached hydrogen (secondary N) is 1. The van der Waals surface area contributed by atoms with E-state index in [4.69, 9.17) is 11.6 Å². The van der Waals surface area contributed by atoms with Crippen molar-refractivity contribution in [2.45, 2.75) is 19.6 Å². The SMILES string of the molecule is Cc1nn(-c2ccccc2)c(C)c1NC(=O)CSCc1c(F)cccc1Cl. The first-order valence-electron chi connectivity index (χ1n) is 8.39. The maximum Gasteiger partial charge on any atom is 0.234 e. The average Bonchev–Trinajstić information content (AvgIpc) is 2.93. The third-order valence-electron chi connectivity index (χ3n) is 4.10. The summed E-state index contributed by atoms with van der Waals surface area (Å²) in [5.74, 6) is 0.0118. The van der Waals surface area contributed by atoms with Crippen LogP contribution in [0.3, 0.4) is 0 Å². The Bertz CT molecular complexity index is 939. The van der Waals surface area contributed by atoms with Crippen LogP contribution in [0.5, 0.6) is 0 Å². The van der Waals surface area contributed by atoms with Crippen molar-refractivity contribution in [3.05, 3.63) is 76.3 Å². The second-order valence-corrected chi connectivity index (χ2v) is 7.43. The summed E-state index contributed by atoms with van der Waals surface area (Å²) in [5, 5.41) is 7.80. The molecule has 27 heavy (non-hydrogen) atoms. The van der Waals surface area contributed by atoms with Gasteiger partial charge >= 0.3 is 0 Å². The Morgan fingerprint density at radius 3 is 2.63 bits per heavy atom. The average molecular weight is 404 g/mol. The highest BCUT2D eigenvalue weighted by molar-refractivity contribution is 7.99. The van der Waals surface area contributed by atoms with Gasteiger partial charge in [-0.2, -0.15) is 5.10 Å². The third-order valence-corrected chi connectivity index (χ3v) is 5.41. The predicted molar refractivity (Wildman–Crippen MR) is 109 cm³/mol. The van der Waals surface area contributed by atoms with Gasteiger partial charge in [0.2, 0.25) is 5.91 Å². The Labute approximate surface area is 166 Å². The number of carbonyl (C=O) groups is 1. The Hall–Kier alpha value is -2.31. The zero-order valence-electron chi connectivity index (χ0n) is 15.0. The zero-order chi connectivity index (χ0) is 19.4. The van der Waals surface area contributed by atoms with Crippen molar-refractivity contribution in [1.29, 1.82) is 0 Å². The van der Waals surface area contributed by atoms with E-state index in [-0.39, 0.29) is 17.5 Å². The van der Waals surface area contributed by atoms with Crippen molar-refractivity contribution in [3.8, 4) is 5.69 Å². The second-order valence-electron chi connectivity index (χ2n) is 6.03. The van der Waals surface area contributed by atoms with Gasteiger partial charge in [-0.25, -0.2) is 9.07 Å². The number of aromatic nitrogens is 2. The number of benzene rings is 2. The van der Waals surface area contributed by atoms with Gasteiger partial charge in [0.1, 0.15) is 5.82 Å². The lowest BCUT2D eigenvalue weighted by molar-refractivity contribution is -0.113. The fourth-order valence-corrected chi connectivity index (χ4v) is 3.90. The van der Waals surface area contributed by atoms with Crippen LogP contribution >= 0.6 is 23.4 Å². The van der Waals surface area contributed by atoms with E-state index < -0.39 is 0 Å². The Morgan fingerprint density at radius 1 is 1.19 bits per heavy atom. The minimum atomic E-state index is -0.355. The molecule has 3 rings (SSSR count). The first kappa shape index (κ1) is 19.5. The first-order chi connectivity index (χ1) is 13.0. The maximum absolute atomic E-state index is 13.8. The molecule has 0 bridgehead atoms. The Balaban J connectivity index is 1.64. The number of halogens is 2. The van der Waals surface area contributed by atoms with Crippen LogP contribution in [-0.2, 0) is 10.5 Å². The molecule has 0 aliphatic rings. The summed E-state index contributed by atoms with van der Waals surface area (Å²) in [6.45, 7) is 3.77. The fraction of sp³-hybridized carbons (Fsp3) is 0.200. The number of hydrogen-bond donors (Lipinski definition) is 1. The number of carbonyl (C=O) groups excluding carboxylic acids is 1. The van der Waals surface area contributed by atoms with Gasteiger partial charge in [-0.1, -0.05) is 35.9 Å². The van der Waals surface area contributed by atoms with Crippen LogP contribution in [0.25, 0.3) is 5.69 Å². The standard InChI is InChI=1S/C20H19ClFN3OS/c1-13-20(14(2)25(24-13)15-7-4-3-5-8-15)23-19(26)12-27-11-16-17(21)9-6-10-18(16)22/h3-10H,11-12H2,1-2H3,(H,23,26). The molecule has 7 heteroatoms. The third kappa shape index (κ3) is 4.51. The largest absolute Gasteiger partial charge is 0.322 e. The number of thioether (sulfide) groups is 1. The molecule has 140 valence electrons. The lowest BCUT2D eigenvalue weighted by Crippen LogP contribution is -2.15. The molecule has 0 saturated heterocycles. The van der Waals surface area contributed by atoms with E-state index in [0.717, 1.165) is 17.1 Å². The molecule has 0 saturated carbocycles. The molecule has 1 N–H and O–H groups in total. The molecule has 4 nitrogen and oxygen atoms in total. The van der Waals surface area contributed by atoms with Crippen molar-refractivity contribution in [1.82, 2.24) is 9.78 Å². The van der Waals surface area contributed by atoms with Gasteiger partial charge in [0.15, 0.2) is 0 Å². The highest BCUT2D eigenvalue weighted by Gasteiger charge is 2.15. The molecule has 0 aliphatic heterocycles. The number of nitrogens with zero attached hydrogens (tertiary/aromatic N) is 2. The van der Waals surface area contributed by atoms with Crippen molar-refractivity contribution < 1.29 is 9.18 Å². The summed E-state index contributed by atoms with van der Waals surface area (Å²) >= 11 is 7.33. The second kappa shape index (κ2) is 8.59. The predicted octanol–water partition coefficient (Wildman–Crippen LogP) is 5.15. The van der Waals surface area contributed by atoms with Crippen LogP contribution < -0.4 is 5.32 Å². The molecule has 1 heterocycles. The molecule has 0 radical (unpaired) electrons. The van der Waals surface area contributed by atoms with E-state index in [1.807, 2.05) is 44.2 Å². The lowest BCUT2D eigenvalue weighted by Gasteiger charge is -2.08. The normalized spacial score (nSPS) is 10.8. The van der Waals surface area contributed by atoms with Crippen molar-refractivity contribution in [2.75, 3.05) is 11.1 Å². The van der Waals surface area contributed by atoms with Crippen LogP contribution in [0.2, 0.25) is 5.02 Å². The summed E-state index contributed by atoms with van der Waals surface area (Å²) < 4.78 is 15.6. The lowest BCUT2D eigenvalue weighted by atomic mass is 10.2. The smallest absolute Gasteiger partial charge is 0.234 e. The summed E-state index contributed by atoms with van der Waals surface area (Å²) in [6, 6.07) is 14.3. The molecule has 0 unspecified atom stereocenters. The molecule has 1 amide bonds. The van der Waals surface area contributed by atoms with E-state index in [0.29, 0.717) is 22.0 Å². The zero-order valence-corrected chi connectivity index (χ0v) is 16.6. The maximum atomic E-state index is 13.8. The number of anilines is 1. The van der Waals surface area contributed by atoms with Crippen LogP contribution in [0.15, 0.2) is 48.5 Å². The van der Waals surface area contributed by atoms with Gasteiger partial charge < -0.3 is 5.32 Å². The van der Waals surface area contributed by atoms with Crippen molar-refractivity contribution in [3.63, 3.8) is 0 Å². The van der Waals surface area contributed by atoms with E-state index in [2.05, 4.69) is 10.4 Å². The highest BCUT2D eigenvalue weighted by Crippen LogP contribution is 2.25. The molecule has 0 atom stereocenters. The van der Waals surface area contributed by atoms with Gasteiger partial charge in [-0.05, 0) is 38.1 Å². The molecule has 0 aliphatic carbocycles. The minimum absolute atomic E-state index is 0.161. The number of amides is 1. The minimum Gasteiger partial charge on any atom is -0.322 e. The molecule has 1 aromatic heterocycles. The van der Waals surface area contributed by atoms with Gasteiger partial charge in [0, 0.05) is 16.3 Å². The van der Waals surface area contributed by atoms with Gasteiger partial charge in [0.25, 0.3) is 0 Å². The number of rotatable bonds is 6. The molecule has 0 fully saturated rings. The molecule has 3 aromatic rings. The van der Waals surface area contributed by atoms with Crippen LogP contribution in [0.1, 0.15) is 17.0 Å². The Morgan fingerprint density at radius 2 is 1.93 bits per heavy atom. The molecule has 2 aromatic carbocycles. The highest BCUT2D eigenvalue weighted by atomic mass is 35.5. The van der Waals surface area contributed by atoms with Crippen molar-refractivity contribution >= 4 is 35.0 Å². The molecule has 0 spiro atoms. The van der Waals surface area contributed by atoms with Gasteiger partial charge in [-0.15, -0.1) is 11.8 Å². The van der Waals surface area contributed by atoms with E-state index in [1.54, 1.807) is 16.8 Å².